The van der Waals surface area contributed by atoms with E-state index < -0.39 is 11.7 Å². The Hall–Kier alpha value is -0.640. The van der Waals surface area contributed by atoms with E-state index in [0.717, 1.165) is 11.0 Å². The normalized spacial score (nSPS) is 21.0. The number of hydrogen-bond donors (Lipinski definition) is 0. The minimum atomic E-state index is -4.21. The molecule has 0 saturated carbocycles. The first-order valence-electron chi connectivity index (χ1n) is 4.34. The lowest BCUT2D eigenvalue weighted by molar-refractivity contribution is -0.138. The quantitative estimate of drug-likeness (QED) is 0.639. The van der Waals surface area contributed by atoms with Gasteiger partial charge in [0.05, 0.1) is 5.56 Å². The summed E-state index contributed by atoms with van der Waals surface area (Å²) >= 11 is 1.52. The largest absolute Gasteiger partial charge is 0.416 e. The second-order valence-corrected chi connectivity index (χ2v) is 4.89. The third kappa shape index (κ3) is 1.63. The Morgan fingerprint density at radius 2 is 2.07 bits per heavy atom. The van der Waals surface area contributed by atoms with Gasteiger partial charge in [-0.3, -0.25) is 0 Å². The Bertz CT molecular complexity index is 357. The summed E-state index contributed by atoms with van der Waals surface area (Å²) in [5.41, 5.74) is 0.00403. The van der Waals surface area contributed by atoms with Gasteiger partial charge >= 0.3 is 6.18 Å². The summed E-state index contributed by atoms with van der Waals surface area (Å²) in [5.74, 6) is 0. The lowest BCUT2D eigenvalue weighted by Gasteiger charge is -2.10. The standard InChI is InChI=1S/C10H9F3S/c1-6-5-7-8(10(11,12)13)3-2-4-9(7)14-6/h2-4,6H,5H2,1H3. The molecule has 0 aliphatic carbocycles. The van der Waals surface area contributed by atoms with Crippen molar-refractivity contribution in [3.63, 3.8) is 0 Å². The molecule has 0 nitrogen and oxygen atoms in total. The van der Waals surface area contributed by atoms with Crippen LogP contribution >= 0.6 is 11.8 Å². The summed E-state index contributed by atoms with van der Waals surface area (Å²) in [6, 6.07) is 4.41. The molecular weight excluding hydrogens is 209 g/mol. The molecular formula is C10H9F3S. The highest BCUT2D eigenvalue weighted by Gasteiger charge is 2.36. The number of alkyl halides is 3. The zero-order chi connectivity index (χ0) is 10.3. The molecule has 76 valence electrons. The van der Waals surface area contributed by atoms with Crippen molar-refractivity contribution in [2.45, 2.75) is 29.7 Å². The third-order valence-electron chi connectivity index (χ3n) is 2.26. The van der Waals surface area contributed by atoms with Crippen LogP contribution in [0.3, 0.4) is 0 Å². The van der Waals surface area contributed by atoms with Gasteiger partial charge in [-0.1, -0.05) is 13.0 Å². The maximum absolute atomic E-state index is 12.6. The van der Waals surface area contributed by atoms with E-state index in [-0.39, 0.29) is 5.25 Å². The molecule has 0 N–H and O–H groups in total. The van der Waals surface area contributed by atoms with Crippen LogP contribution in [0.1, 0.15) is 18.1 Å². The van der Waals surface area contributed by atoms with Crippen molar-refractivity contribution in [2.75, 3.05) is 0 Å². The average Bonchev–Trinajstić information content (AvgIpc) is 2.41. The number of benzene rings is 1. The summed E-state index contributed by atoms with van der Waals surface area (Å²) < 4.78 is 37.7. The van der Waals surface area contributed by atoms with Gasteiger partial charge in [0.2, 0.25) is 0 Å². The molecule has 0 bridgehead atoms. The molecule has 0 radical (unpaired) electrons. The van der Waals surface area contributed by atoms with Crippen molar-refractivity contribution in [3.05, 3.63) is 29.3 Å². The first-order chi connectivity index (χ1) is 6.48. The van der Waals surface area contributed by atoms with E-state index >= 15 is 0 Å². The fourth-order valence-electron chi connectivity index (χ4n) is 1.70. The molecule has 1 aromatic carbocycles. The summed E-state index contributed by atoms with van der Waals surface area (Å²) in [7, 11) is 0. The van der Waals surface area contributed by atoms with Crippen molar-refractivity contribution in [2.24, 2.45) is 0 Å². The second-order valence-electron chi connectivity index (χ2n) is 3.41. The van der Waals surface area contributed by atoms with Crippen LogP contribution in [-0.4, -0.2) is 5.25 Å². The zero-order valence-corrected chi connectivity index (χ0v) is 8.38. The summed E-state index contributed by atoms with van der Waals surface area (Å²) in [4.78, 5) is 0.785. The van der Waals surface area contributed by atoms with Gasteiger partial charge in [-0.2, -0.15) is 13.2 Å². The van der Waals surface area contributed by atoms with E-state index in [1.54, 1.807) is 6.07 Å². The smallest absolute Gasteiger partial charge is 0.166 e. The Morgan fingerprint density at radius 3 is 2.71 bits per heavy atom. The third-order valence-corrected chi connectivity index (χ3v) is 3.46. The topological polar surface area (TPSA) is 0 Å². The molecule has 1 unspecified atom stereocenters. The number of thioether (sulfide) groups is 1. The van der Waals surface area contributed by atoms with Crippen molar-refractivity contribution < 1.29 is 13.2 Å². The van der Waals surface area contributed by atoms with Gasteiger partial charge in [0.1, 0.15) is 0 Å². The molecule has 0 aromatic heterocycles. The predicted octanol–water partition coefficient (Wildman–Crippen LogP) is 3.74. The number of rotatable bonds is 0. The lowest BCUT2D eigenvalue weighted by Crippen LogP contribution is -2.09. The van der Waals surface area contributed by atoms with Gasteiger partial charge in [-0.25, -0.2) is 0 Å². The van der Waals surface area contributed by atoms with Crippen LogP contribution in [0.2, 0.25) is 0 Å². The average molecular weight is 218 g/mol. The molecule has 1 aliphatic rings. The molecule has 0 spiro atoms. The Labute approximate surface area is 84.5 Å². The van der Waals surface area contributed by atoms with E-state index in [1.165, 1.54) is 17.8 Å². The Balaban J connectivity index is 2.50. The van der Waals surface area contributed by atoms with Crippen molar-refractivity contribution in [1.82, 2.24) is 0 Å². The molecule has 1 aliphatic heterocycles. The number of halogens is 3. The van der Waals surface area contributed by atoms with Crippen molar-refractivity contribution in [1.29, 1.82) is 0 Å². The number of fused-ring (bicyclic) bond motifs is 1. The van der Waals surface area contributed by atoms with Gasteiger partial charge in [-0.05, 0) is 24.1 Å². The van der Waals surface area contributed by atoms with E-state index in [0.29, 0.717) is 12.0 Å². The summed E-state index contributed by atoms with van der Waals surface area (Å²) in [5, 5.41) is 0.258. The van der Waals surface area contributed by atoms with E-state index in [9.17, 15) is 13.2 Å². The van der Waals surface area contributed by atoms with Crippen LogP contribution in [0, 0.1) is 0 Å². The Morgan fingerprint density at radius 1 is 1.36 bits per heavy atom. The molecule has 14 heavy (non-hydrogen) atoms. The van der Waals surface area contributed by atoms with Crippen LogP contribution in [0.5, 0.6) is 0 Å². The highest BCUT2D eigenvalue weighted by molar-refractivity contribution is 8.00. The molecule has 1 atom stereocenters. The molecule has 0 amide bonds. The lowest BCUT2D eigenvalue weighted by atomic mass is 10.0. The minimum Gasteiger partial charge on any atom is -0.166 e. The molecule has 0 fully saturated rings. The maximum atomic E-state index is 12.6. The van der Waals surface area contributed by atoms with Crippen LogP contribution in [0.4, 0.5) is 13.2 Å². The SMILES string of the molecule is CC1Cc2c(cccc2C(F)(F)F)S1. The molecule has 0 saturated heterocycles. The number of hydrogen-bond acceptors (Lipinski definition) is 1. The van der Waals surface area contributed by atoms with Gasteiger partial charge in [-0.15, -0.1) is 11.8 Å². The van der Waals surface area contributed by atoms with Crippen LogP contribution < -0.4 is 0 Å². The second kappa shape index (κ2) is 3.19. The molecule has 4 heteroatoms. The van der Waals surface area contributed by atoms with Crippen LogP contribution in [0.15, 0.2) is 23.1 Å². The highest BCUT2D eigenvalue weighted by Crippen LogP contribution is 2.43. The first kappa shape index (κ1) is 9.90. The predicted molar refractivity (Wildman–Crippen MR) is 50.5 cm³/mol. The minimum absolute atomic E-state index is 0.258. The van der Waals surface area contributed by atoms with Gasteiger partial charge in [0, 0.05) is 10.1 Å². The molecule has 1 aromatic rings. The summed E-state index contributed by atoms with van der Waals surface area (Å²) in [6.07, 6.45) is -3.69. The Kier molecular flexibility index (Phi) is 2.26. The summed E-state index contributed by atoms with van der Waals surface area (Å²) in [6.45, 7) is 1.95. The molecule has 2 rings (SSSR count). The van der Waals surface area contributed by atoms with E-state index in [1.807, 2.05) is 6.92 Å². The van der Waals surface area contributed by atoms with Crippen molar-refractivity contribution >= 4 is 11.8 Å². The van der Waals surface area contributed by atoms with Crippen molar-refractivity contribution in [3.8, 4) is 0 Å². The van der Waals surface area contributed by atoms with E-state index in [4.69, 9.17) is 0 Å². The first-order valence-corrected chi connectivity index (χ1v) is 5.22. The zero-order valence-electron chi connectivity index (χ0n) is 7.56. The fourth-order valence-corrected chi connectivity index (χ4v) is 2.87. The highest BCUT2D eigenvalue weighted by atomic mass is 32.2. The van der Waals surface area contributed by atoms with Crippen LogP contribution in [0.25, 0.3) is 0 Å². The van der Waals surface area contributed by atoms with Gasteiger partial charge in [0.25, 0.3) is 0 Å². The van der Waals surface area contributed by atoms with Gasteiger partial charge in [0.15, 0.2) is 0 Å². The van der Waals surface area contributed by atoms with Gasteiger partial charge < -0.3 is 0 Å². The van der Waals surface area contributed by atoms with E-state index in [2.05, 4.69) is 0 Å². The fraction of sp³-hybridized carbons (Fsp3) is 0.400. The maximum Gasteiger partial charge on any atom is 0.416 e. The van der Waals surface area contributed by atoms with Crippen LogP contribution in [-0.2, 0) is 12.6 Å². The monoisotopic (exact) mass is 218 g/mol. The molecule has 1 heterocycles.